The maximum Gasteiger partial charge on any atom is 0.0182 e. The molecule has 0 aliphatic rings. The van der Waals surface area contributed by atoms with Crippen molar-refractivity contribution in [1.82, 2.24) is 4.98 Å². The van der Waals surface area contributed by atoms with Crippen molar-refractivity contribution in [3.63, 3.8) is 0 Å². The van der Waals surface area contributed by atoms with Crippen LogP contribution in [-0.4, -0.2) is 10.3 Å². The zero-order valence-electron chi connectivity index (χ0n) is 9.91. The number of aryl methyl sites for hydroxylation is 2. The van der Waals surface area contributed by atoms with Crippen LogP contribution in [0.15, 0.2) is 6.20 Å². The molecule has 0 aliphatic heterocycles. The van der Waals surface area contributed by atoms with Gasteiger partial charge in [-0.05, 0) is 43.2 Å². The second kappa shape index (κ2) is 7.10. The first-order valence-corrected chi connectivity index (χ1v) is 7.19. The summed E-state index contributed by atoms with van der Waals surface area (Å²) in [6, 6.07) is 0. The number of H-pyrrole nitrogens is 1. The van der Waals surface area contributed by atoms with Crippen LogP contribution in [0.2, 0.25) is 0 Å². The molecule has 0 spiro atoms. The molecule has 0 aromatic carbocycles. The van der Waals surface area contributed by atoms with Crippen molar-refractivity contribution in [2.45, 2.75) is 52.4 Å². The minimum atomic E-state index is 1.14. The summed E-state index contributed by atoms with van der Waals surface area (Å²) in [5.41, 5.74) is 4.55. The van der Waals surface area contributed by atoms with Gasteiger partial charge in [0.25, 0.3) is 0 Å². The predicted octanol–water partition coefficient (Wildman–Crippen LogP) is 4.25. The summed E-state index contributed by atoms with van der Waals surface area (Å²) < 4.78 is 0. The van der Waals surface area contributed by atoms with Crippen molar-refractivity contribution in [3.8, 4) is 0 Å². The zero-order valence-corrected chi connectivity index (χ0v) is 11.5. The van der Waals surface area contributed by atoms with Crippen LogP contribution in [0.25, 0.3) is 0 Å². The van der Waals surface area contributed by atoms with E-state index >= 15 is 0 Å². The molecule has 1 N–H and O–H groups in total. The van der Waals surface area contributed by atoms with E-state index in [0.29, 0.717) is 0 Å². The van der Waals surface area contributed by atoms with Gasteiger partial charge in [-0.3, -0.25) is 0 Å². The quantitative estimate of drug-likeness (QED) is 0.564. The molecule has 1 rings (SSSR count). The number of hydrogen-bond acceptors (Lipinski definition) is 0. The number of unbranched alkanes of at least 4 members (excludes halogenated alkanes) is 2. The minimum Gasteiger partial charge on any atom is -0.364 e. The van der Waals surface area contributed by atoms with E-state index in [-0.39, 0.29) is 0 Å². The number of aromatic nitrogens is 1. The fraction of sp³-hybridized carbons (Fsp3) is 0.692. The Bertz CT molecular complexity index is 278. The van der Waals surface area contributed by atoms with Gasteiger partial charge in [0.1, 0.15) is 0 Å². The molecule has 0 saturated heterocycles. The third kappa shape index (κ3) is 3.67. The van der Waals surface area contributed by atoms with Gasteiger partial charge in [-0.2, -0.15) is 0 Å². The topological polar surface area (TPSA) is 15.8 Å². The highest BCUT2D eigenvalue weighted by Gasteiger charge is 2.07. The first-order chi connectivity index (χ1) is 7.33. The lowest BCUT2D eigenvalue weighted by molar-refractivity contribution is 0.711. The molecule has 15 heavy (non-hydrogen) atoms. The van der Waals surface area contributed by atoms with Gasteiger partial charge in [0.2, 0.25) is 0 Å². The normalized spacial score (nSPS) is 10.9. The van der Waals surface area contributed by atoms with Gasteiger partial charge in [0.15, 0.2) is 0 Å². The van der Waals surface area contributed by atoms with Gasteiger partial charge >= 0.3 is 0 Å². The van der Waals surface area contributed by atoms with Gasteiger partial charge in [-0.25, -0.2) is 0 Å². The van der Waals surface area contributed by atoms with Crippen molar-refractivity contribution < 1.29 is 0 Å². The van der Waals surface area contributed by atoms with Gasteiger partial charge in [-0.15, -0.1) is 0 Å². The van der Waals surface area contributed by atoms with E-state index in [1.165, 1.54) is 43.4 Å². The molecular weight excluding hydrogens is 250 g/mol. The van der Waals surface area contributed by atoms with Gasteiger partial charge in [0.05, 0.1) is 0 Å². The van der Waals surface area contributed by atoms with E-state index in [0.717, 1.165) is 11.8 Å². The van der Waals surface area contributed by atoms with E-state index in [1.54, 1.807) is 5.56 Å². The van der Waals surface area contributed by atoms with Crippen LogP contribution in [0.5, 0.6) is 0 Å². The second-order valence-electron chi connectivity index (χ2n) is 3.98. The third-order valence-electron chi connectivity index (χ3n) is 2.97. The van der Waals surface area contributed by atoms with Crippen LogP contribution in [-0.2, 0) is 19.3 Å². The molecule has 1 heterocycles. The molecule has 0 amide bonds. The maximum absolute atomic E-state index is 3.47. The summed E-state index contributed by atoms with van der Waals surface area (Å²) in [5, 5.41) is 1.14. The van der Waals surface area contributed by atoms with E-state index in [9.17, 15) is 0 Å². The first kappa shape index (κ1) is 12.8. The van der Waals surface area contributed by atoms with E-state index in [1.807, 2.05) is 0 Å². The summed E-state index contributed by atoms with van der Waals surface area (Å²) in [5.74, 6) is 0. The van der Waals surface area contributed by atoms with E-state index in [4.69, 9.17) is 0 Å². The summed E-state index contributed by atoms with van der Waals surface area (Å²) >= 11 is 3.47. The van der Waals surface area contributed by atoms with Crippen molar-refractivity contribution in [2.24, 2.45) is 0 Å². The Balaban J connectivity index is 2.49. The molecule has 0 radical (unpaired) electrons. The fourth-order valence-electron chi connectivity index (χ4n) is 2.09. The summed E-state index contributed by atoms with van der Waals surface area (Å²) in [7, 11) is 0. The standard InChI is InChI=1S/C13H22BrN/c1-3-11-10-15-13(12(11)4-2)8-6-5-7-9-14/h10,15H,3-9H2,1-2H3. The maximum atomic E-state index is 3.47. The lowest BCUT2D eigenvalue weighted by atomic mass is 10.0. The van der Waals surface area contributed by atoms with Crippen molar-refractivity contribution in [3.05, 3.63) is 23.0 Å². The summed E-state index contributed by atoms with van der Waals surface area (Å²) in [6.07, 6.45) is 9.66. The lowest BCUT2D eigenvalue weighted by Gasteiger charge is -2.03. The molecule has 0 aliphatic carbocycles. The van der Waals surface area contributed by atoms with Crippen molar-refractivity contribution >= 4 is 15.9 Å². The van der Waals surface area contributed by atoms with E-state index < -0.39 is 0 Å². The van der Waals surface area contributed by atoms with Crippen LogP contribution in [0.4, 0.5) is 0 Å². The molecule has 1 nitrogen and oxygen atoms in total. The Morgan fingerprint density at radius 1 is 1.13 bits per heavy atom. The SMILES string of the molecule is CCc1c[nH]c(CCCCCBr)c1CC. The number of halogens is 1. The molecular formula is C13H22BrN. The Hall–Kier alpha value is -0.240. The third-order valence-corrected chi connectivity index (χ3v) is 3.53. The monoisotopic (exact) mass is 271 g/mol. The molecule has 0 unspecified atom stereocenters. The summed E-state index contributed by atoms with van der Waals surface area (Å²) in [6.45, 7) is 4.49. The molecule has 0 atom stereocenters. The number of aromatic amines is 1. The fourth-order valence-corrected chi connectivity index (χ4v) is 2.49. The number of alkyl halides is 1. The summed E-state index contributed by atoms with van der Waals surface area (Å²) in [4.78, 5) is 3.44. The smallest absolute Gasteiger partial charge is 0.0182 e. The largest absolute Gasteiger partial charge is 0.364 e. The van der Waals surface area contributed by atoms with Crippen molar-refractivity contribution in [2.75, 3.05) is 5.33 Å². The van der Waals surface area contributed by atoms with Crippen LogP contribution >= 0.6 is 15.9 Å². The van der Waals surface area contributed by atoms with Gasteiger partial charge in [0, 0.05) is 17.2 Å². The van der Waals surface area contributed by atoms with Crippen LogP contribution in [0.3, 0.4) is 0 Å². The van der Waals surface area contributed by atoms with Crippen LogP contribution in [0, 0.1) is 0 Å². The molecule has 0 saturated carbocycles. The van der Waals surface area contributed by atoms with Gasteiger partial charge in [-0.1, -0.05) is 36.2 Å². The number of hydrogen-bond donors (Lipinski definition) is 1. The highest BCUT2D eigenvalue weighted by atomic mass is 79.9. The minimum absolute atomic E-state index is 1.14. The van der Waals surface area contributed by atoms with Crippen LogP contribution in [0.1, 0.15) is 49.9 Å². The molecule has 0 bridgehead atoms. The Kier molecular flexibility index (Phi) is 6.07. The Morgan fingerprint density at radius 3 is 2.53 bits per heavy atom. The average Bonchev–Trinajstić information content (AvgIpc) is 2.66. The van der Waals surface area contributed by atoms with Crippen molar-refractivity contribution in [1.29, 1.82) is 0 Å². The van der Waals surface area contributed by atoms with Crippen LogP contribution < -0.4 is 0 Å². The highest BCUT2D eigenvalue weighted by molar-refractivity contribution is 9.09. The van der Waals surface area contributed by atoms with E-state index in [2.05, 4.69) is 41.0 Å². The molecule has 0 fully saturated rings. The molecule has 2 heteroatoms. The zero-order chi connectivity index (χ0) is 11.1. The molecule has 1 aromatic heterocycles. The first-order valence-electron chi connectivity index (χ1n) is 6.07. The average molecular weight is 272 g/mol. The lowest BCUT2D eigenvalue weighted by Crippen LogP contribution is -1.93. The highest BCUT2D eigenvalue weighted by Crippen LogP contribution is 2.18. The molecule has 1 aromatic rings. The molecule has 86 valence electrons. The predicted molar refractivity (Wildman–Crippen MR) is 70.9 cm³/mol. The second-order valence-corrected chi connectivity index (χ2v) is 4.77. The number of rotatable bonds is 7. The Morgan fingerprint density at radius 2 is 1.93 bits per heavy atom. The number of nitrogens with one attached hydrogen (secondary N) is 1. The van der Waals surface area contributed by atoms with Gasteiger partial charge < -0.3 is 4.98 Å². The Labute approximate surface area is 102 Å².